The van der Waals surface area contributed by atoms with Gasteiger partial charge in [-0.3, -0.25) is 0 Å². The van der Waals surface area contributed by atoms with Gasteiger partial charge in [-0.25, -0.2) is 17.6 Å². The number of benzene rings is 4. The van der Waals surface area contributed by atoms with Gasteiger partial charge in [0, 0.05) is 17.2 Å². The van der Waals surface area contributed by atoms with Crippen molar-refractivity contribution in [2.75, 3.05) is 0 Å². The second-order valence-corrected chi connectivity index (χ2v) is 8.68. The molecule has 0 aromatic heterocycles. The molecule has 0 spiro atoms. The lowest BCUT2D eigenvalue weighted by molar-refractivity contribution is -0.275. The number of hydrogen-bond donors (Lipinski definition) is 0. The predicted molar refractivity (Wildman–Crippen MR) is 129 cm³/mol. The normalized spacial score (nSPS) is 11.9. The maximum atomic E-state index is 14.8. The van der Waals surface area contributed by atoms with Crippen molar-refractivity contribution < 1.29 is 49.0 Å². The summed E-state index contributed by atoms with van der Waals surface area (Å²) < 4.78 is 132. The Balaban J connectivity index is 1.52. The van der Waals surface area contributed by atoms with Gasteiger partial charge < -0.3 is 9.47 Å². The van der Waals surface area contributed by atoms with Crippen molar-refractivity contribution in [3.8, 4) is 33.8 Å². The Bertz CT molecular complexity index is 1510. The summed E-state index contributed by atoms with van der Waals surface area (Å²) in [6, 6.07) is 11.8. The topological polar surface area (TPSA) is 18.5 Å². The highest BCUT2D eigenvalue weighted by atomic mass is 19.4. The van der Waals surface area contributed by atoms with Gasteiger partial charge in [0.1, 0.15) is 11.6 Å². The number of ether oxygens (including phenoxy) is 2. The summed E-state index contributed by atoms with van der Waals surface area (Å²) in [7, 11) is 0. The molecule has 0 aliphatic heterocycles. The zero-order valence-corrected chi connectivity index (χ0v) is 20.6. The van der Waals surface area contributed by atoms with Crippen LogP contribution in [0.3, 0.4) is 0 Å². The second kappa shape index (κ2) is 11.1. The molecule has 2 nitrogen and oxygen atoms in total. The molecule has 0 radical (unpaired) electrons. The summed E-state index contributed by atoms with van der Waals surface area (Å²) in [5.74, 6) is -6.35. The van der Waals surface area contributed by atoms with Crippen LogP contribution in [-0.4, -0.2) is 6.36 Å². The van der Waals surface area contributed by atoms with E-state index in [4.69, 9.17) is 0 Å². The Hall–Kier alpha value is -4.15. The summed E-state index contributed by atoms with van der Waals surface area (Å²) >= 11 is 0. The second-order valence-electron chi connectivity index (χ2n) is 8.68. The lowest BCUT2D eigenvalue weighted by Gasteiger charge is -2.19. The molecule has 0 saturated heterocycles. The van der Waals surface area contributed by atoms with E-state index in [1.807, 2.05) is 6.92 Å². The van der Waals surface area contributed by atoms with Crippen LogP contribution in [0.4, 0.5) is 39.5 Å². The smallest absolute Gasteiger partial charge is 0.429 e. The summed E-state index contributed by atoms with van der Waals surface area (Å²) in [5, 5.41) is 0. The van der Waals surface area contributed by atoms with Crippen LogP contribution in [0.5, 0.6) is 11.5 Å². The van der Waals surface area contributed by atoms with Crippen LogP contribution < -0.4 is 9.47 Å². The maximum Gasteiger partial charge on any atom is 0.573 e. The van der Waals surface area contributed by atoms with Crippen LogP contribution in [0.15, 0.2) is 72.8 Å². The molecule has 0 amide bonds. The van der Waals surface area contributed by atoms with Crippen molar-refractivity contribution in [3.63, 3.8) is 0 Å². The van der Waals surface area contributed by atoms with E-state index in [2.05, 4.69) is 9.47 Å². The Morgan fingerprint density at radius 3 is 1.88 bits per heavy atom. The Morgan fingerprint density at radius 1 is 0.625 bits per heavy atom. The van der Waals surface area contributed by atoms with Crippen LogP contribution >= 0.6 is 0 Å². The third-order valence-electron chi connectivity index (χ3n) is 5.87. The van der Waals surface area contributed by atoms with Crippen molar-refractivity contribution >= 4 is 0 Å². The first-order valence-corrected chi connectivity index (χ1v) is 11.8. The Kier molecular flexibility index (Phi) is 8.04. The van der Waals surface area contributed by atoms with Gasteiger partial charge in [-0.15, -0.1) is 13.2 Å². The van der Waals surface area contributed by atoms with Crippen molar-refractivity contribution in [2.45, 2.75) is 32.2 Å². The van der Waals surface area contributed by atoms with Crippen molar-refractivity contribution in [3.05, 3.63) is 107 Å². The molecule has 0 saturated carbocycles. The third-order valence-corrected chi connectivity index (χ3v) is 5.87. The van der Waals surface area contributed by atoms with Gasteiger partial charge in [0.25, 0.3) is 0 Å². The zero-order chi connectivity index (χ0) is 29.2. The van der Waals surface area contributed by atoms with E-state index in [9.17, 15) is 39.5 Å². The van der Waals surface area contributed by atoms with E-state index in [1.54, 1.807) is 0 Å². The first kappa shape index (κ1) is 28.8. The third kappa shape index (κ3) is 6.35. The number of halogens is 9. The van der Waals surface area contributed by atoms with Crippen molar-refractivity contribution in [2.24, 2.45) is 0 Å². The molecule has 0 aliphatic rings. The molecule has 0 fully saturated rings. The van der Waals surface area contributed by atoms with E-state index in [0.717, 1.165) is 42.5 Å². The highest BCUT2D eigenvalue weighted by molar-refractivity contribution is 5.67. The molecule has 4 rings (SSSR count). The molecule has 4 aromatic rings. The molecule has 0 N–H and O–H groups in total. The Morgan fingerprint density at radius 2 is 1.27 bits per heavy atom. The van der Waals surface area contributed by atoms with E-state index in [1.165, 1.54) is 12.1 Å². The summed E-state index contributed by atoms with van der Waals surface area (Å²) in [4.78, 5) is 0. The maximum absolute atomic E-state index is 14.8. The van der Waals surface area contributed by atoms with Crippen LogP contribution in [0.1, 0.15) is 24.5 Å². The monoisotopic (exact) mass is 570 g/mol. The number of alkyl halides is 5. The summed E-state index contributed by atoms with van der Waals surface area (Å²) in [5.41, 5.74) is -0.891. The first-order valence-electron chi connectivity index (χ1n) is 11.8. The van der Waals surface area contributed by atoms with Gasteiger partial charge in [0.05, 0.1) is 5.56 Å². The standard InChI is InChI=1S/C29H19F9O2/c1-2-3-17-6-11-22(27(33)26(17)32)16-4-8-19(9-5-16)28(34,35)39-20-10-12-21(23(30)15-20)18-7-13-25(24(31)14-18)40-29(36,37)38/h4-15H,2-3H2,1H3. The quantitative estimate of drug-likeness (QED) is 0.197. The van der Waals surface area contributed by atoms with Crippen LogP contribution in [0.2, 0.25) is 0 Å². The lowest BCUT2D eigenvalue weighted by Crippen LogP contribution is -2.21. The fraction of sp³-hybridized carbons (Fsp3) is 0.172. The van der Waals surface area contributed by atoms with Gasteiger partial charge >= 0.3 is 12.5 Å². The minimum atomic E-state index is -5.13. The fourth-order valence-electron chi connectivity index (χ4n) is 3.99. The molecular formula is C29H19F9O2. The molecule has 0 atom stereocenters. The highest BCUT2D eigenvalue weighted by Crippen LogP contribution is 2.36. The number of hydrogen-bond acceptors (Lipinski definition) is 2. The zero-order valence-electron chi connectivity index (χ0n) is 20.6. The van der Waals surface area contributed by atoms with Gasteiger partial charge in [-0.05, 0) is 59.5 Å². The van der Waals surface area contributed by atoms with E-state index in [-0.39, 0.29) is 27.8 Å². The number of aryl methyl sites for hydroxylation is 1. The molecule has 4 aromatic carbocycles. The Labute approximate surface area is 222 Å². The van der Waals surface area contributed by atoms with Crippen LogP contribution in [0.25, 0.3) is 22.3 Å². The van der Waals surface area contributed by atoms with Gasteiger partial charge in [0.2, 0.25) is 0 Å². The minimum Gasteiger partial charge on any atom is -0.429 e. The van der Waals surface area contributed by atoms with Crippen LogP contribution in [-0.2, 0) is 12.5 Å². The average Bonchev–Trinajstić information content (AvgIpc) is 2.88. The largest absolute Gasteiger partial charge is 0.573 e. The molecule has 0 bridgehead atoms. The molecule has 210 valence electrons. The van der Waals surface area contributed by atoms with Gasteiger partial charge in [-0.1, -0.05) is 43.7 Å². The minimum absolute atomic E-state index is 0.111. The fourth-order valence-corrected chi connectivity index (χ4v) is 3.99. The lowest BCUT2D eigenvalue weighted by atomic mass is 9.99. The van der Waals surface area contributed by atoms with E-state index >= 15 is 0 Å². The molecule has 0 heterocycles. The predicted octanol–water partition coefficient (Wildman–Crippen LogP) is 9.56. The summed E-state index contributed by atoms with van der Waals surface area (Å²) in [6.07, 6.45) is -8.15. The SMILES string of the molecule is CCCc1ccc(-c2ccc(C(F)(F)Oc3ccc(-c4ccc(OC(F)(F)F)c(F)c4)c(F)c3)cc2)c(F)c1F. The van der Waals surface area contributed by atoms with Crippen LogP contribution in [0, 0.1) is 23.3 Å². The van der Waals surface area contributed by atoms with Crippen molar-refractivity contribution in [1.82, 2.24) is 0 Å². The molecule has 11 heteroatoms. The molecule has 0 aliphatic carbocycles. The molecule has 0 unspecified atom stereocenters. The van der Waals surface area contributed by atoms with E-state index < -0.39 is 52.8 Å². The first-order chi connectivity index (χ1) is 18.8. The average molecular weight is 570 g/mol. The highest BCUT2D eigenvalue weighted by Gasteiger charge is 2.35. The molecule has 40 heavy (non-hydrogen) atoms. The van der Waals surface area contributed by atoms with Gasteiger partial charge in [0.15, 0.2) is 23.2 Å². The number of rotatable bonds is 8. The summed E-state index contributed by atoms with van der Waals surface area (Å²) in [6.45, 7) is 1.81. The van der Waals surface area contributed by atoms with E-state index in [0.29, 0.717) is 31.0 Å². The van der Waals surface area contributed by atoms with Gasteiger partial charge in [-0.2, -0.15) is 8.78 Å². The molecular weight excluding hydrogens is 551 g/mol. The van der Waals surface area contributed by atoms with Crippen molar-refractivity contribution in [1.29, 1.82) is 0 Å².